The van der Waals surface area contributed by atoms with Crippen LogP contribution >= 0.6 is 23.2 Å². The number of aryl methyl sites for hydroxylation is 1. The molecule has 0 aliphatic carbocycles. The van der Waals surface area contributed by atoms with Gasteiger partial charge in [-0.3, -0.25) is 11.3 Å². The molecule has 0 spiro atoms. The van der Waals surface area contributed by atoms with Crippen LogP contribution < -0.4 is 11.3 Å². The van der Waals surface area contributed by atoms with Crippen LogP contribution in [0.3, 0.4) is 0 Å². The molecule has 0 saturated carbocycles. The fraction of sp³-hybridized carbons (Fsp3) is 0.200. The van der Waals surface area contributed by atoms with Gasteiger partial charge in [-0.25, -0.2) is 0 Å². The Morgan fingerprint density at radius 3 is 2.53 bits per heavy atom. The number of hydrazine groups is 1. The van der Waals surface area contributed by atoms with Gasteiger partial charge in [0.05, 0.1) is 6.04 Å². The van der Waals surface area contributed by atoms with Gasteiger partial charge in [0.25, 0.3) is 0 Å². The van der Waals surface area contributed by atoms with Crippen LogP contribution in [0.15, 0.2) is 42.5 Å². The topological polar surface area (TPSA) is 38.0 Å². The molecule has 0 saturated heterocycles. The van der Waals surface area contributed by atoms with E-state index in [4.69, 9.17) is 29.0 Å². The SMILES string of the molecule is Cc1cc(Cl)cc(C(Cc2ccccc2Cl)NN)c1. The molecule has 0 bridgehead atoms. The van der Waals surface area contributed by atoms with Gasteiger partial charge in [-0.05, 0) is 48.2 Å². The monoisotopic (exact) mass is 294 g/mol. The first-order valence-electron chi connectivity index (χ1n) is 6.07. The Balaban J connectivity index is 2.28. The van der Waals surface area contributed by atoms with Gasteiger partial charge in [0, 0.05) is 10.0 Å². The lowest BCUT2D eigenvalue weighted by Crippen LogP contribution is -2.29. The lowest BCUT2D eigenvalue weighted by molar-refractivity contribution is 0.552. The van der Waals surface area contributed by atoms with Crippen molar-refractivity contribution in [1.29, 1.82) is 0 Å². The largest absolute Gasteiger partial charge is 0.271 e. The highest BCUT2D eigenvalue weighted by Gasteiger charge is 2.13. The molecular formula is C15H16Cl2N2. The summed E-state index contributed by atoms with van der Waals surface area (Å²) in [6.07, 6.45) is 0.718. The molecular weight excluding hydrogens is 279 g/mol. The second kappa shape index (κ2) is 6.40. The first-order chi connectivity index (χ1) is 9.10. The number of hydrogen-bond donors (Lipinski definition) is 2. The zero-order valence-corrected chi connectivity index (χ0v) is 12.2. The first kappa shape index (κ1) is 14.4. The second-order valence-electron chi connectivity index (χ2n) is 4.58. The molecule has 19 heavy (non-hydrogen) atoms. The zero-order valence-electron chi connectivity index (χ0n) is 10.7. The van der Waals surface area contributed by atoms with Crippen molar-refractivity contribution in [3.05, 3.63) is 69.2 Å². The third-order valence-electron chi connectivity index (χ3n) is 3.05. The fourth-order valence-corrected chi connectivity index (χ4v) is 2.63. The molecule has 4 heteroatoms. The van der Waals surface area contributed by atoms with Crippen LogP contribution in [0.4, 0.5) is 0 Å². The summed E-state index contributed by atoms with van der Waals surface area (Å²) in [4.78, 5) is 0. The lowest BCUT2D eigenvalue weighted by Gasteiger charge is -2.18. The van der Waals surface area contributed by atoms with E-state index in [0.29, 0.717) is 0 Å². The second-order valence-corrected chi connectivity index (χ2v) is 5.42. The minimum Gasteiger partial charge on any atom is -0.271 e. The van der Waals surface area contributed by atoms with E-state index in [2.05, 4.69) is 11.5 Å². The van der Waals surface area contributed by atoms with Crippen molar-refractivity contribution < 1.29 is 0 Å². The Bertz CT molecular complexity index is 550. The van der Waals surface area contributed by atoms with Crippen LogP contribution in [0.2, 0.25) is 10.0 Å². The predicted octanol–water partition coefficient (Wildman–Crippen LogP) is 4.05. The minimum atomic E-state index is -0.0164. The highest BCUT2D eigenvalue weighted by molar-refractivity contribution is 6.31. The molecule has 100 valence electrons. The summed E-state index contributed by atoms with van der Waals surface area (Å²) in [5.41, 5.74) is 6.07. The molecule has 0 amide bonds. The van der Waals surface area contributed by atoms with Crippen LogP contribution in [-0.2, 0) is 6.42 Å². The van der Waals surface area contributed by atoms with Crippen molar-refractivity contribution in [3.63, 3.8) is 0 Å². The van der Waals surface area contributed by atoms with Gasteiger partial charge in [0.15, 0.2) is 0 Å². The van der Waals surface area contributed by atoms with Crippen molar-refractivity contribution in [2.24, 2.45) is 5.84 Å². The smallest absolute Gasteiger partial charge is 0.0501 e. The summed E-state index contributed by atoms with van der Waals surface area (Å²) in [6.45, 7) is 2.01. The number of nitrogens with two attached hydrogens (primary N) is 1. The third-order valence-corrected chi connectivity index (χ3v) is 3.64. The van der Waals surface area contributed by atoms with Gasteiger partial charge in [-0.2, -0.15) is 0 Å². The van der Waals surface area contributed by atoms with Crippen LogP contribution in [0.5, 0.6) is 0 Å². The van der Waals surface area contributed by atoms with E-state index in [9.17, 15) is 0 Å². The summed E-state index contributed by atoms with van der Waals surface area (Å²) >= 11 is 12.3. The van der Waals surface area contributed by atoms with Gasteiger partial charge in [-0.1, -0.05) is 47.5 Å². The van der Waals surface area contributed by atoms with Gasteiger partial charge in [0.1, 0.15) is 0 Å². The molecule has 2 rings (SSSR count). The molecule has 2 aromatic rings. The van der Waals surface area contributed by atoms with Gasteiger partial charge in [-0.15, -0.1) is 0 Å². The van der Waals surface area contributed by atoms with E-state index in [0.717, 1.165) is 33.2 Å². The average Bonchev–Trinajstić information content (AvgIpc) is 2.36. The predicted molar refractivity (Wildman–Crippen MR) is 81.4 cm³/mol. The van der Waals surface area contributed by atoms with E-state index >= 15 is 0 Å². The molecule has 0 heterocycles. The first-order valence-corrected chi connectivity index (χ1v) is 6.82. The number of hydrogen-bond acceptors (Lipinski definition) is 2. The van der Waals surface area contributed by atoms with Crippen molar-refractivity contribution in [3.8, 4) is 0 Å². The highest BCUT2D eigenvalue weighted by Crippen LogP contribution is 2.25. The lowest BCUT2D eigenvalue weighted by atomic mass is 9.98. The Kier molecular flexibility index (Phi) is 4.83. The Labute approximate surface area is 123 Å². The molecule has 2 aromatic carbocycles. The van der Waals surface area contributed by atoms with Gasteiger partial charge < -0.3 is 0 Å². The van der Waals surface area contributed by atoms with Crippen molar-refractivity contribution in [2.75, 3.05) is 0 Å². The molecule has 1 unspecified atom stereocenters. The van der Waals surface area contributed by atoms with E-state index in [1.165, 1.54) is 0 Å². The van der Waals surface area contributed by atoms with Crippen LogP contribution in [0.25, 0.3) is 0 Å². The van der Waals surface area contributed by atoms with Crippen LogP contribution in [0, 0.1) is 6.92 Å². The van der Waals surface area contributed by atoms with Crippen LogP contribution in [0.1, 0.15) is 22.7 Å². The van der Waals surface area contributed by atoms with Gasteiger partial charge >= 0.3 is 0 Å². The number of benzene rings is 2. The maximum absolute atomic E-state index is 6.18. The summed E-state index contributed by atoms with van der Waals surface area (Å²) in [5, 5.41) is 1.47. The van der Waals surface area contributed by atoms with Crippen molar-refractivity contribution in [1.82, 2.24) is 5.43 Å². The zero-order chi connectivity index (χ0) is 13.8. The maximum Gasteiger partial charge on any atom is 0.0501 e. The maximum atomic E-state index is 6.18. The summed E-state index contributed by atoms with van der Waals surface area (Å²) in [7, 11) is 0. The quantitative estimate of drug-likeness (QED) is 0.659. The summed E-state index contributed by atoms with van der Waals surface area (Å²) in [5.74, 6) is 5.67. The van der Waals surface area contributed by atoms with E-state index in [1.54, 1.807) is 0 Å². The molecule has 0 aliphatic rings. The van der Waals surface area contributed by atoms with Gasteiger partial charge in [0.2, 0.25) is 0 Å². The number of halogens is 2. The minimum absolute atomic E-state index is 0.0164. The Hall–Kier alpha value is -1.06. The molecule has 0 aromatic heterocycles. The number of rotatable bonds is 4. The molecule has 0 radical (unpaired) electrons. The summed E-state index contributed by atoms with van der Waals surface area (Å²) < 4.78 is 0. The summed E-state index contributed by atoms with van der Waals surface area (Å²) in [6, 6.07) is 13.7. The molecule has 3 N–H and O–H groups in total. The van der Waals surface area contributed by atoms with Crippen molar-refractivity contribution in [2.45, 2.75) is 19.4 Å². The Morgan fingerprint density at radius 2 is 1.89 bits per heavy atom. The molecule has 1 atom stereocenters. The average molecular weight is 295 g/mol. The van der Waals surface area contributed by atoms with E-state index in [1.807, 2.05) is 43.3 Å². The molecule has 0 fully saturated rings. The number of nitrogens with one attached hydrogen (secondary N) is 1. The van der Waals surface area contributed by atoms with Crippen molar-refractivity contribution >= 4 is 23.2 Å². The normalized spacial score (nSPS) is 12.4. The van der Waals surface area contributed by atoms with E-state index in [-0.39, 0.29) is 6.04 Å². The highest BCUT2D eigenvalue weighted by atomic mass is 35.5. The molecule has 0 aliphatic heterocycles. The Morgan fingerprint density at radius 1 is 1.16 bits per heavy atom. The molecule has 2 nitrogen and oxygen atoms in total. The fourth-order valence-electron chi connectivity index (χ4n) is 2.12. The standard InChI is InChI=1S/C15H16Cl2N2/c1-10-6-12(8-13(16)7-10)15(19-18)9-11-4-2-3-5-14(11)17/h2-8,15,19H,9,18H2,1H3. The van der Waals surface area contributed by atoms with Crippen LogP contribution in [-0.4, -0.2) is 0 Å². The van der Waals surface area contributed by atoms with E-state index < -0.39 is 0 Å². The third kappa shape index (κ3) is 3.71.